The van der Waals surface area contributed by atoms with E-state index in [2.05, 4.69) is 44.3 Å². The molecule has 0 saturated carbocycles. The molecule has 1 N–H and O–H groups in total. The van der Waals surface area contributed by atoms with E-state index in [0.29, 0.717) is 6.04 Å². The molecular weight excluding hydrogens is 254 g/mol. The molecule has 19 heavy (non-hydrogen) atoms. The van der Waals surface area contributed by atoms with Crippen LogP contribution in [0, 0.1) is 0 Å². The van der Waals surface area contributed by atoms with Gasteiger partial charge in [-0.05, 0) is 37.6 Å². The van der Waals surface area contributed by atoms with E-state index in [4.69, 9.17) is 4.74 Å². The molecular formula is C16H27NOS. The first-order valence-corrected chi connectivity index (χ1v) is 8.33. The molecule has 2 unspecified atom stereocenters. The monoisotopic (exact) mass is 281 g/mol. The molecule has 0 fully saturated rings. The van der Waals surface area contributed by atoms with Crippen LogP contribution in [0.3, 0.4) is 0 Å². The van der Waals surface area contributed by atoms with Crippen molar-refractivity contribution in [3.8, 4) is 5.75 Å². The number of nitrogens with one attached hydrogen (secondary N) is 1. The van der Waals surface area contributed by atoms with Crippen LogP contribution in [0.5, 0.6) is 5.75 Å². The minimum atomic E-state index is 0.407. The number of hydrogen-bond acceptors (Lipinski definition) is 3. The van der Waals surface area contributed by atoms with Gasteiger partial charge in [-0.3, -0.25) is 0 Å². The normalized spacial score (nSPS) is 14.1. The maximum absolute atomic E-state index is 5.59. The molecule has 0 aliphatic heterocycles. The van der Waals surface area contributed by atoms with Crippen LogP contribution in [0.25, 0.3) is 0 Å². The van der Waals surface area contributed by atoms with Crippen LogP contribution in [-0.2, 0) is 0 Å². The minimum Gasteiger partial charge on any atom is -0.494 e. The van der Waals surface area contributed by atoms with Gasteiger partial charge in [-0.2, -0.15) is 11.8 Å². The second-order valence-electron chi connectivity index (χ2n) is 4.67. The summed E-state index contributed by atoms with van der Waals surface area (Å²) in [5.74, 6) is 2.08. The lowest BCUT2D eigenvalue weighted by atomic mass is 10.1. The van der Waals surface area contributed by atoms with E-state index in [1.54, 1.807) is 0 Å². The molecule has 0 aliphatic rings. The lowest BCUT2D eigenvalue weighted by molar-refractivity contribution is 0.339. The average Bonchev–Trinajstić information content (AvgIpc) is 2.43. The van der Waals surface area contributed by atoms with Crippen LogP contribution in [-0.4, -0.2) is 24.2 Å². The third-order valence-corrected chi connectivity index (χ3v) is 4.57. The highest BCUT2D eigenvalue weighted by molar-refractivity contribution is 7.99. The summed E-state index contributed by atoms with van der Waals surface area (Å²) in [5.41, 5.74) is 1.32. The molecule has 0 amide bonds. The first kappa shape index (κ1) is 16.4. The highest BCUT2D eigenvalue weighted by Gasteiger charge is 2.12. The maximum atomic E-state index is 5.59. The zero-order chi connectivity index (χ0) is 14.1. The lowest BCUT2D eigenvalue weighted by Gasteiger charge is -2.20. The van der Waals surface area contributed by atoms with Gasteiger partial charge in [0, 0.05) is 17.0 Å². The molecule has 0 heterocycles. The van der Waals surface area contributed by atoms with Crippen LogP contribution in [0.2, 0.25) is 0 Å². The van der Waals surface area contributed by atoms with Crippen molar-refractivity contribution in [1.82, 2.24) is 5.32 Å². The predicted octanol–water partition coefficient (Wildman–Crippen LogP) is 4.27. The van der Waals surface area contributed by atoms with Crippen LogP contribution in [0.15, 0.2) is 24.3 Å². The number of ether oxygens (including phenoxy) is 1. The van der Waals surface area contributed by atoms with E-state index in [-0.39, 0.29) is 0 Å². The van der Waals surface area contributed by atoms with Crippen molar-refractivity contribution in [2.75, 3.05) is 18.9 Å². The smallest absolute Gasteiger partial charge is 0.119 e. The van der Waals surface area contributed by atoms with Crippen molar-refractivity contribution >= 4 is 11.8 Å². The quantitative estimate of drug-likeness (QED) is 0.730. The maximum Gasteiger partial charge on any atom is 0.119 e. The topological polar surface area (TPSA) is 21.3 Å². The Kier molecular flexibility index (Phi) is 7.99. The highest BCUT2D eigenvalue weighted by Crippen LogP contribution is 2.25. The molecule has 1 aromatic rings. The summed E-state index contributed by atoms with van der Waals surface area (Å²) in [6.07, 6.45) is 1.22. The fraction of sp³-hybridized carbons (Fsp3) is 0.625. The lowest BCUT2D eigenvalue weighted by Crippen LogP contribution is -2.23. The van der Waals surface area contributed by atoms with Crippen molar-refractivity contribution in [2.45, 2.75) is 45.4 Å². The summed E-state index contributed by atoms with van der Waals surface area (Å²) in [5, 5.41) is 4.29. The van der Waals surface area contributed by atoms with Crippen LogP contribution in [0.4, 0.5) is 0 Å². The Labute approximate surface area is 122 Å². The van der Waals surface area contributed by atoms with Crippen molar-refractivity contribution in [3.63, 3.8) is 0 Å². The Morgan fingerprint density at radius 2 is 2.05 bits per heavy atom. The third-order valence-electron chi connectivity index (χ3n) is 3.14. The summed E-state index contributed by atoms with van der Waals surface area (Å²) in [4.78, 5) is 0. The molecule has 0 aromatic heterocycles. The van der Waals surface area contributed by atoms with Gasteiger partial charge in [-0.15, -0.1) is 0 Å². The summed E-state index contributed by atoms with van der Waals surface area (Å²) < 4.78 is 5.59. The fourth-order valence-corrected chi connectivity index (χ4v) is 2.95. The van der Waals surface area contributed by atoms with Crippen molar-refractivity contribution in [3.05, 3.63) is 29.8 Å². The van der Waals surface area contributed by atoms with Gasteiger partial charge in [0.1, 0.15) is 5.75 Å². The van der Waals surface area contributed by atoms with Crippen molar-refractivity contribution in [2.24, 2.45) is 0 Å². The largest absolute Gasteiger partial charge is 0.494 e. The minimum absolute atomic E-state index is 0.407. The molecule has 0 radical (unpaired) electrons. The SMILES string of the molecule is CCNC(CSC(C)CC)c1cccc(OCC)c1. The Bertz CT molecular complexity index is 356. The Hall–Kier alpha value is -0.670. The zero-order valence-electron chi connectivity index (χ0n) is 12.6. The average molecular weight is 281 g/mol. The van der Waals surface area contributed by atoms with Gasteiger partial charge < -0.3 is 10.1 Å². The molecule has 3 heteroatoms. The first-order chi connectivity index (χ1) is 9.21. The predicted molar refractivity (Wildman–Crippen MR) is 86.2 cm³/mol. The van der Waals surface area contributed by atoms with Crippen molar-refractivity contribution < 1.29 is 4.74 Å². The van der Waals surface area contributed by atoms with E-state index in [0.717, 1.165) is 29.9 Å². The van der Waals surface area contributed by atoms with E-state index >= 15 is 0 Å². The Balaban J connectivity index is 2.71. The number of benzene rings is 1. The third kappa shape index (κ3) is 5.87. The van der Waals surface area contributed by atoms with Crippen LogP contribution < -0.4 is 10.1 Å². The standard InChI is InChI=1S/C16H27NOS/c1-5-13(4)19-12-16(17-6-2)14-9-8-10-15(11-14)18-7-3/h8-11,13,16-17H,5-7,12H2,1-4H3. The van der Waals surface area contributed by atoms with Gasteiger partial charge in [-0.1, -0.05) is 32.9 Å². The summed E-state index contributed by atoms with van der Waals surface area (Å²) in [6.45, 7) is 10.4. The molecule has 2 atom stereocenters. The molecule has 2 nitrogen and oxygen atoms in total. The molecule has 0 spiro atoms. The van der Waals surface area contributed by atoms with Crippen molar-refractivity contribution in [1.29, 1.82) is 0 Å². The van der Waals surface area contributed by atoms with Gasteiger partial charge in [0.2, 0.25) is 0 Å². The fourth-order valence-electron chi connectivity index (χ4n) is 1.89. The molecule has 0 saturated heterocycles. The van der Waals surface area contributed by atoms with Gasteiger partial charge >= 0.3 is 0 Å². The van der Waals surface area contributed by atoms with Gasteiger partial charge in [-0.25, -0.2) is 0 Å². The summed E-state index contributed by atoms with van der Waals surface area (Å²) in [7, 11) is 0. The second kappa shape index (κ2) is 9.27. The summed E-state index contributed by atoms with van der Waals surface area (Å²) >= 11 is 2.04. The molecule has 0 aliphatic carbocycles. The van der Waals surface area contributed by atoms with E-state index in [1.807, 2.05) is 24.8 Å². The molecule has 1 rings (SSSR count). The van der Waals surface area contributed by atoms with Gasteiger partial charge in [0.25, 0.3) is 0 Å². The Morgan fingerprint density at radius 3 is 2.68 bits per heavy atom. The van der Waals surface area contributed by atoms with E-state index in [1.165, 1.54) is 12.0 Å². The number of hydrogen-bond donors (Lipinski definition) is 1. The molecule has 1 aromatic carbocycles. The molecule has 108 valence electrons. The Morgan fingerprint density at radius 1 is 1.26 bits per heavy atom. The zero-order valence-corrected chi connectivity index (χ0v) is 13.4. The number of thioether (sulfide) groups is 1. The second-order valence-corrected chi connectivity index (χ2v) is 6.14. The van der Waals surface area contributed by atoms with E-state index < -0.39 is 0 Å². The van der Waals surface area contributed by atoms with E-state index in [9.17, 15) is 0 Å². The van der Waals surface area contributed by atoms with Gasteiger partial charge in [0.05, 0.1) is 6.61 Å². The van der Waals surface area contributed by atoms with Gasteiger partial charge in [0.15, 0.2) is 0 Å². The first-order valence-electron chi connectivity index (χ1n) is 7.28. The highest BCUT2D eigenvalue weighted by atomic mass is 32.2. The van der Waals surface area contributed by atoms with Crippen LogP contribution in [0.1, 0.15) is 45.7 Å². The van der Waals surface area contributed by atoms with Crippen LogP contribution >= 0.6 is 11.8 Å². The summed E-state index contributed by atoms with van der Waals surface area (Å²) in [6, 6.07) is 8.86. The number of rotatable bonds is 9. The molecule has 0 bridgehead atoms.